The number of aryl methyl sites for hydroxylation is 2. The van der Waals surface area contributed by atoms with E-state index < -0.39 is 0 Å². The van der Waals surface area contributed by atoms with Gasteiger partial charge in [0, 0.05) is 18.2 Å². The van der Waals surface area contributed by atoms with Crippen LogP contribution in [-0.2, 0) is 19.4 Å². The summed E-state index contributed by atoms with van der Waals surface area (Å²) in [5.41, 5.74) is 4.33. The summed E-state index contributed by atoms with van der Waals surface area (Å²) in [6, 6.07) is 20.4. The molecule has 2 aromatic carbocycles. The van der Waals surface area contributed by atoms with Crippen LogP contribution in [0, 0.1) is 0 Å². The number of fused-ring (bicyclic) bond motifs is 3. The Labute approximate surface area is 146 Å². The zero-order valence-electron chi connectivity index (χ0n) is 14.0. The zero-order chi connectivity index (χ0) is 17.1. The lowest BCUT2D eigenvalue weighted by atomic mass is 9.98. The summed E-state index contributed by atoms with van der Waals surface area (Å²) < 4.78 is 7.50. The van der Waals surface area contributed by atoms with Crippen molar-refractivity contribution < 1.29 is 4.74 Å². The number of ether oxygens (including phenoxy) is 1. The first-order valence-corrected chi connectivity index (χ1v) is 8.68. The predicted molar refractivity (Wildman–Crippen MR) is 97.9 cm³/mol. The average molecular weight is 332 g/mol. The lowest BCUT2D eigenvalue weighted by Gasteiger charge is -2.21. The Morgan fingerprint density at radius 2 is 1.84 bits per heavy atom. The van der Waals surface area contributed by atoms with E-state index in [4.69, 9.17) is 4.74 Å². The minimum absolute atomic E-state index is 0.231. The molecule has 4 heteroatoms. The Bertz CT molecular complexity index is 932. The molecule has 4 rings (SSSR count). The van der Waals surface area contributed by atoms with Crippen molar-refractivity contribution in [1.29, 1.82) is 0 Å². The molecule has 0 radical (unpaired) electrons. The van der Waals surface area contributed by atoms with Crippen molar-refractivity contribution in [2.45, 2.75) is 25.8 Å². The van der Waals surface area contributed by atoms with Gasteiger partial charge in [-0.1, -0.05) is 54.6 Å². The normalized spacial score (nSPS) is 12.3. The molecular formula is C21H20N2O2. The number of rotatable bonds is 5. The van der Waals surface area contributed by atoms with E-state index in [-0.39, 0.29) is 5.69 Å². The first-order valence-electron chi connectivity index (χ1n) is 8.68. The van der Waals surface area contributed by atoms with E-state index in [2.05, 4.69) is 29.2 Å². The Morgan fingerprint density at radius 1 is 1.04 bits per heavy atom. The van der Waals surface area contributed by atoms with Crippen molar-refractivity contribution in [2.75, 3.05) is 6.61 Å². The highest BCUT2D eigenvalue weighted by molar-refractivity contribution is 5.66. The Hall–Kier alpha value is -2.88. The molecule has 0 atom stereocenters. The molecule has 0 aliphatic carbocycles. The molecule has 126 valence electrons. The summed E-state index contributed by atoms with van der Waals surface area (Å²) in [6.07, 6.45) is 2.70. The van der Waals surface area contributed by atoms with Gasteiger partial charge in [0.2, 0.25) is 5.88 Å². The van der Waals surface area contributed by atoms with E-state index in [1.807, 2.05) is 36.4 Å². The van der Waals surface area contributed by atoms with Gasteiger partial charge >= 0.3 is 5.69 Å². The summed E-state index contributed by atoms with van der Waals surface area (Å²) in [6.45, 7) is 1.22. The number of hydrogen-bond donors (Lipinski definition) is 0. The van der Waals surface area contributed by atoms with Gasteiger partial charge in [-0.05, 0) is 30.4 Å². The summed E-state index contributed by atoms with van der Waals surface area (Å²) in [5.74, 6) is 0.418. The standard InChI is InChI=1S/C21H20N2O2/c24-21-22-20(25-14-6-9-16-7-2-1-3-8-16)15-19-18-11-5-4-10-17(18)12-13-23(19)21/h1-5,7-8,10-11,15H,6,9,12-14H2. The number of nitrogens with zero attached hydrogens (tertiary/aromatic N) is 2. The number of aromatic nitrogens is 2. The highest BCUT2D eigenvalue weighted by atomic mass is 16.5. The SMILES string of the molecule is O=c1nc(OCCCc2ccccc2)cc2n1CCc1ccccc1-2. The summed E-state index contributed by atoms with van der Waals surface area (Å²) >= 11 is 0. The fraction of sp³-hybridized carbons (Fsp3) is 0.238. The number of hydrogen-bond acceptors (Lipinski definition) is 3. The van der Waals surface area contributed by atoms with E-state index in [0.717, 1.165) is 30.5 Å². The molecule has 1 aromatic heterocycles. The minimum Gasteiger partial charge on any atom is -0.477 e. The minimum atomic E-state index is -0.231. The maximum atomic E-state index is 12.3. The van der Waals surface area contributed by atoms with Crippen molar-refractivity contribution in [3.05, 3.63) is 82.3 Å². The van der Waals surface area contributed by atoms with Crippen molar-refractivity contribution in [2.24, 2.45) is 0 Å². The Kier molecular flexibility index (Phi) is 4.34. The number of benzene rings is 2. The highest BCUT2D eigenvalue weighted by Crippen LogP contribution is 2.29. The van der Waals surface area contributed by atoms with Gasteiger partial charge in [-0.2, -0.15) is 4.98 Å². The van der Waals surface area contributed by atoms with Crippen LogP contribution in [0.2, 0.25) is 0 Å². The lowest BCUT2D eigenvalue weighted by molar-refractivity contribution is 0.296. The van der Waals surface area contributed by atoms with Crippen LogP contribution in [0.15, 0.2) is 65.5 Å². The topological polar surface area (TPSA) is 44.1 Å². The third-order valence-corrected chi connectivity index (χ3v) is 4.59. The first kappa shape index (κ1) is 15.6. The lowest BCUT2D eigenvalue weighted by Crippen LogP contribution is -2.28. The molecule has 0 saturated heterocycles. The third-order valence-electron chi connectivity index (χ3n) is 4.59. The molecule has 2 heterocycles. The van der Waals surface area contributed by atoms with Crippen LogP contribution < -0.4 is 10.4 Å². The molecule has 25 heavy (non-hydrogen) atoms. The van der Waals surface area contributed by atoms with Gasteiger partial charge in [-0.3, -0.25) is 4.57 Å². The molecule has 4 nitrogen and oxygen atoms in total. The van der Waals surface area contributed by atoms with E-state index in [1.165, 1.54) is 11.1 Å². The maximum absolute atomic E-state index is 12.3. The fourth-order valence-electron chi connectivity index (χ4n) is 3.32. The van der Waals surface area contributed by atoms with Gasteiger partial charge in [-0.25, -0.2) is 4.79 Å². The van der Waals surface area contributed by atoms with Crippen molar-refractivity contribution in [3.63, 3.8) is 0 Å². The second kappa shape index (κ2) is 6.93. The van der Waals surface area contributed by atoms with Crippen LogP contribution in [0.4, 0.5) is 0 Å². The van der Waals surface area contributed by atoms with Gasteiger partial charge in [0.1, 0.15) is 0 Å². The Balaban J connectivity index is 1.49. The van der Waals surface area contributed by atoms with Crippen LogP contribution in [-0.4, -0.2) is 16.2 Å². The van der Waals surface area contributed by atoms with Gasteiger partial charge < -0.3 is 4.74 Å². The van der Waals surface area contributed by atoms with E-state index in [0.29, 0.717) is 19.0 Å². The summed E-state index contributed by atoms with van der Waals surface area (Å²) in [4.78, 5) is 16.4. The maximum Gasteiger partial charge on any atom is 0.351 e. The molecule has 1 aliphatic rings. The van der Waals surface area contributed by atoms with E-state index in [1.54, 1.807) is 4.57 Å². The second-order valence-electron chi connectivity index (χ2n) is 6.26. The van der Waals surface area contributed by atoms with Crippen molar-refractivity contribution in [3.8, 4) is 17.1 Å². The molecule has 1 aliphatic heterocycles. The molecule has 0 fully saturated rings. The molecule has 3 aromatic rings. The predicted octanol–water partition coefficient (Wildman–Crippen LogP) is 3.48. The van der Waals surface area contributed by atoms with Gasteiger partial charge in [0.15, 0.2) is 0 Å². The molecule has 0 amide bonds. The Morgan fingerprint density at radius 3 is 2.72 bits per heavy atom. The van der Waals surface area contributed by atoms with Crippen LogP contribution >= 0.6 is 0 Å². The third kappa shape index (κ3) is 3.33. The fourth-order valence-corrected chi connectivity index (χ4v) is 3.32. The van der Waals surface area contributed by atoms with Crippen LogP contribution in [0.5, 0.6) is 5.88 Å². The van der Waals surface area contributed by atoms with E-state index >= 15 is 0 Å². The van der Waals surface area contributed by atoms with Crippen molar-refractivity contribution in [1.82, 2.24) is 9.55 Å². The largest absolute Gasteiger partial charge is 0.477 e. The summed E-state index contributed by atoms with van der Waals surface area (Å²) in [7, 11) is 0. The summed E-state index contributed by atoms with van der Waals surface area (Å²) in [5, 5.41) is 0. The quantitative estimate of drug-likeness (QED) is 0.672. The van der Waals surface area contributed by atoms with Crippen LogP contribution in [0.1, 0.15) is 17.5 Å². The monoisotopic (exact) mass is 332 g/mol. The average Bonchev–Trinajstić information content (AvgIpc) is 2.66. The highest BCUT2D eigenvalue weighted by Gasteiger charge is 2.18. The first-order chi connectivity index (χ1) is 12.3. The molecule has 0 unspecified atom stereocenters. The van der Waals surface area contributed by atoms with E-state index in [9.17, 15) is 4.79 Å². The van der Waals surface area contributed by atoms with Crippen LogP contribution in [0.3, 0.4) is 0 Å². The van der Waals surface area contributed by atoms with Gasteiger partial charge in [0.25, 0.3) is 0 Å². The molecule has 0 N–H and O–H groups in total. The second-order valence-corrected chi connectivity index (χ2v) is 6.26. The van der Waals surface area contributed by atoms with Gasteiger partial charge in [-0.15, -0.1) is 0 Å². The van der Waals surface area contributed by atoms with Gasteiger partial charge in [0.05, 0.1) is 12.3 Å². The smallest absolute Gasteiger partial charge is 0.351 e. The van der Waals surface area contributed by atoms with Crippen LogP contribution in [0.25, 0.3) is 11.3 Å². The molecule has 0 saturated carbocycles. The molecule has 0 bridgehead atoms. The molecular weight excluding hydrogens is 312 g/mol. The van der Waals surface area contributed by atoms with Crippen molar-refractivity contribution >= 4 is 0 Å². The molecule has 0 spiro atoms. The zero-order valence-corrected chi connectivity index (χ0v) is 14.0.